The second-order valence-corrected chi connectivity index (χ2v) is 11.8. The minimum absolute atomic E-state index is 0.109. The number of nitrogens with one attached hydrogen (secondary N) is 2. The van der Waals surface area contributed by atoms with Gasteiger partial charge in [-0.25, -0.2) is 13.4 Å². The maximum atomic E-state index is 13.4. The average molecular weight is 514 g/mol. The number of thioether (sulfide) groups is 1. The zero-order valence-corrected chi connectivity index (χ0v) is 21.9. The number of aryl methyl sites for hydroxylation is 3. The minimum Gasteiger partial charge on any atom is -0.355 e. The second-order valence-electron chi connectivity index (χ2n) is 8.90. The highest BCUT2D eigenvalue weighted by atomic mass is 32.2. The highest BCUT2D eigenvalue weighted by molar-refractivity contribution is 7.99. The first-order valence-corrected chi connectivity index (χ1v) is 14.1. The van der Waals surface area contributed by atoms with Gasteiger partial charge in [-0.2, -0.15) is 4.31 Å². The Hall–Kier alpha value is -2.69. The number of hydrogen-bond donors (Lipinski definition) is 2. The van der Waals surface area contributed by atoms with E-state index in [-0.39, 0.29) is 18.4 Å². The summed E-state index contributed by atoms with van der Waals surface area (Å²) in [5.74, 6) is 0.860. The van der Waals surface area contributed by atoms with Gasteiger partial charge in [-0.3, -0.25) is 9.89 Å². The first-order chi connectivity index (χ1) is 16.8. The van der Waals surface area contributed by atoms with Crippen LogP contribution in [0.2, 0.25) is 0 Å². The van der Waals surface area contributed by atoms with Gasteiger partial charge >= 0.3 is 0 Å². The van der Waals surface area contributed by atoms with Crippen molar-refractivity contribution in [3.05, 3.63) is 59.2 Å². The monoisotopic (exact) mass is 513 g/mol. The van der Waals surface area contributed by atoms with E-state index in [4.69, 9.17) is 0 Å². The number of carbonyl (C=O) groups is 1. The molecule has 1 saturated heterocycles. The molecule has 8 nitrogen and oxygen atoms in total. The molecule has 35 heavy (non-hydrogen) atoms. The third kappa shape index (κ3) is 5.94. The lowest BCUT2D eigenvalue weighted by molar-refractivity contribution is -0.125. The van der Waals surface area contributed by atoms with Crippen molar-refractivity contribution in [1.29, 1.82) is 0 Å². The molecule has 0 radical (unpaired) electrons. The van der Waals surface area contributed by atoms with Crippen molar-refractivity contribution < 1.29 is 13.2 Å². The number of hydrogen-bond acceptors (Lipinski definition) is 6. The molecule has 2 aromatic carbocycles. The van der Waals surface area contributed by atoms with Crippen LogP contribution < -0.4 is 5.32 Å². The first kappa shape index (κ1) is 25.4. The van der Waals surface area contributed by atoms with Crippen molar-refractivity contribution in [3.63, 3.8) is 0 Å². The van der Waals surface area contributed by atoms with Crippen LogP contribution in [-0.2, 0) is 14.8 Å². The van der Waals surface area contributed by atoms with E-state index in [0.717, 1.165) is 22.3 Å². The van der Waals surface area contributed by atoms with Crippen molar-refractivity contribution in [2.24, 2.45) is 5.92 Å². The lowest BCUT2D eigenvalue weighted by atomic mass is 9.99. The number of carbonyl (C=O) groups excluding carboxylic acids is 1. The van der Waals surface area contributed by atoms with E-state index >= 15 is 0 Å². The SMILES string of the molecule is Cc1cc(C)c(S(=O)(=O)N2CCC[C@H](C(=O)NCCSc3n[nH]c(-c4ccccc4)n3)C2)c(C)c1. The van der Waals surface area contributed by atoms with Crippen molar-refractivity contribution in [3.8, 4) is 11.4 Å². The highest BCUT2D eigenvalue weighted by Crippen LogP contribution is 2.29. The zero-order valence-electron chi connectivity index (χ0n) is 20.2. The first-order valence-electron chi connectivity index (χ1n) is 11.7. The molecule has 1 fully saturated rings. The highest BCUT2D eigenvalue weighted by Gasteiger charge is 2.34. The van der Waals surface area contributed by atoms with Crippen LogP contribution in [0.1, 0.15) is 29.5 Å². The van der Waals surface area contributed by atoms with E-state index < -0.39 is 10.0 Å². The van der Waals surface area contributed by atoms with E-state index in [1.807, 2.05) is 63.2 Å². The van der Waals surface area contributed by atoms with Gasteiger partial charge < -0.3 is 5.32 Å². The zero-order chi connectivity index (χ0) is 25.0. The Bertz CT molecular complexity index is 1270. The molecule has 0 spiro atoms. The predicted octanol–water partition coefficient (Wildman–Crippen LogP) is 3.71. The Morgan fingerprint density at radius 1 is 1.17 bits per heavy atom. The van der Waals surface area contributed by atoms with E-state index in [2.05, 4.69) is 20.5 Å². The number of aromatic nitrogens is 3. The molecule has 1 amide bonds. The van der Waals surface area contributed by atoms with Crippen LogP contribution in [0.25, 0.3) is 11.4 Å². The third-order valence-corrected chi connectivity index (χ3v) is 9.12. The lowest BCUT2D eigenvalue weighted by Crippen LogP contribution is -2.46. The molecule has 4 rings (SSSR count). The molecule has 0 saturated carbocycles. The summed E-state index contributed by atoms with van der Waals surface area (Å²) in [5.41, 5.74) is 3.49. The maximum absolute atomic E-state index is 13.4. The van der Waals surface area contributed by atoms with E-state index in [9.17, 15) is 13.2 Å². The van der Waals surface area contributed by atoms with Gasteiger partial charge in [-0.15, -0.1) is 5.10 Å². The van der Waals surface area contributed by atoms with Crippen LogP contribution >= 0.6 is 11.8 Å². The molecule has 1 aliphatic rings. The lowest BCUT2D eigenvalue weighted by Gasteiger charge is -2.32. The number of amides is 1. The Morgan fingerprint density at radius 3 is 2.60 bits per heavy atom. The number of sulfonamides is 1. The van der Waals surface area contributed by atoms with Gasteiger partial charge in [0.2, 0.25) is 21.1 Å². The molecule has 2 heterocycles. The molecule has 2 N–H and O–H groups in total. The van der Waals surface area contributed by atoms with Crippen LogP contribution in [0.5, 0.6) is 0 Å². The van der Waals surface area contributed by atoms with Crippen molar-refractivity contribution in [2.45, 2.75) is 43.7 Å². The Kier molecular flexibility index (Phi) is 7.93. The van der Waals surface area contributed by atoms with Crippen molar-refractivity contribution >= 4 is 27.7 Å². The molecular weight excluding hydrogens is 482 g/mol. The molecule has 1 aliphatic heterocycles. The Balaban J connectivity index is 1.30. The van der Waals surface area contributed by atoms with Crippen LogP contribution in [0.4, 0.5) is 0 Å². The number of benzene rings is 2. The fourth-order valence-corrected chi connectivity index (χ4v) is 7.16. The normalized spacial score (nSPS) is 16.8. The molecule has 186 valence electrons. The topological polar surface area (TPSA) is 108 Å². The van der Waals surface area contributed by atoms with Gasteiger partial charge in [0.15, 0.2) is 5.82 Å². The molecular formula is C25H31N5O3S2. The fourth-order valence-electron chi connectivity index (χ4n) is 4.57. The standard InChI is InChI=1S/C25H31N5O3S2/c1-17-14-18(2)22(19(3)15-17)35(32,33)30-12-7-10-21(16-30)24(31)26-11-13-34-25-27-23(28-29-25)20-8-5-4-6-9-20/h4-6,8-9,14-15,21H,7,10-13,16H2,1-3H3,(H,26,31)(H,27,28,29)/t21-/m0/s1. The van der Waals surface area contributed by atoms with Crippen LogP contribution in [-0.4, -0.2) is 59.2 Å². The summed E-state index contributed by atoms with van der Waals surface area (Å²) in [4.78, 5) is 17.7. The summed E-state index contributed by atoms with van der Waals surface area (Å²) in [6.45, 7) is 6.71. The minimum atomic E-state index is -3.66. The second kappa shape index (κ2) is 10.9. The van der Waals surface area contributed by atoms with Crippen molar-refractivity contribution in [1.82, 2.24) is 24.8 Å². The average Bonchev–Trinajstić information content (AvgIpc) is 3.30. The molecule has 3 aromatic rings. The van der Waals surface area contributed by atoms with Gasteiger partial charge in [-0.05, 0) is 44.7 Å². The molecule has 0 bridgehead atoms. The van der Waals surface area contributed by atoms with Gasteiger partial charge in [0, 0.05) is 31.0 Å². The molecule has 0 unspecified atom stereocenters. The van der Waals surface area contributed by atoms with Crippen LogP contribution in [0, 0.1) is 26.7 Å². The van der Waals surface area contributed by atoms with Crippen LogP contribution in [0.3, 0.4) is 0 Å². The summed E-state index contributed by atoms with van der Waals surface area (Å²) in [6.07, 6.45) is 1.34. The van der Waals surface area contributed by atoms with Gasteiger partial charge in [0.25, 0.3) is 0 Å². The fraction of sp³-hybridized carbons (Fsp3) is 0.400. The molecule has 0 aliphatic carbocycles. The number of aromatic amines is 1. The van der Waals surface area contributed by atoms with E-state index in [1.165, 1.54) is 16.1 Å². The predicted molar refractivity (Wildman–Crippen MR) is 138 cm³/mol. The summed E-state index contributed by atoms with van der Waals surface area (Å²) in [7, 11) is -3.66. The molecule has 1 atom stereocenters. The Morgan fingerprint density at radius 2 is 1.89 bits per heavy atom. The summed E-state index contributed by atoms with van der Waals surface area (Å²) in [6, 6.07) is 13.5. The van der Waals surface area contributed by atoms with Gasteiger partial charge in [0.05, 0.1) is 10.8 Å². The third-order valence-electron chi connectivity index (χ3n) is 6.10. The number of piperidine rings is 1. The summed E-state index contributed by atoms with van der Waals surface area (Å²) >= 11 is 1.46. The largest absolute Gasteiger partial charge is 0.355 e. The Labute approximate surface area is 211 Å². The van der Waals surface area contributed by atoms with Crippen LogP contribution in [0.15, 0.2) is 52.5 Å². The molecule has 1 aromatic heterocycles. The smallest absolute Gasteiger partial charge is 0.243 e. The summed E-state index contributed by atoms with van der Waals surface area (Å²) in [5, 5.41) is 10.7. The number of H-pyrrole nitrogens is 1. The number of rotatable bonds is 8. The van der Waals surface area contributed by atoms with E-state index in [1.54, 1.807) is 0 Å². The van der Waals surface area contributed by atoms with Gasteiger partial charge in [0.1, 0.15) is 0 Å². The van der Waals surface area contributed by atoms with E-state index in [0.29, 0.717) is 47.6 Å². The summed E-state index contributed by atoms with van der Waals surface area (Å²) < 4.78 is 28.3. The number of nitrogens with zero attached hydrogens (tertiary/aromatic N) is 3. The molecule has 10 heteroatoms. The van der Waals surface area contributed by atoms with Crippen molar-refractivity contribution in [2.75, 3.05) is 25.4 Å². The quantitative estimate of drug-likeness (QED) is 0.351. The maximum Gasteiger partial charge on any atom is 0.243 e. The van der Waals surface area contributed by atoms with Gasteiger partial charge in [-0.1, -0.05) is 59.8 Å².